The molecule has 0 fully saturated rings. The highest BCUT2D eigenvalue weighted by atomic mass is 79.9. The van der Waals surface area contributed by atoms with Gasteiger partial charge in [-0.2, -0.15) is 5.10 Å². The first-order valence-electron chi connectivity index (χ1n) is 4.49. The number of halogens is 1. The largest absolute Gasteiger partial charge is 0.287 e. The Morgan fingerprint density at radius 1 is 1.71 bits per heavy atom. The van der Waals surface area contributed by atoms with Crippen LogP contribution < -0.4 is 0 Å². The predicted octanol–water partition coefficient (Wildman–Crippen LogP) is 2.72. The molecule has 0 aromatic carbocycles. The summed E-state index contributed by atoms with van der Waals surface area (Å²) in [7, 11) is 1.76. The third-order valence-corrected chi connectivity index (χ3v) is 2.71. The van der Waals surface area contributed by atoms with Crippen LogP contribution in [-0.2, 0) is 7.05 Å². The van der Waals surface area contributed by atoms with Crippen LogP contribution in [0.25, 0.3) is 0 Å². The van der Waals surface area contributed by atoms with Gasteiger partial charge in [0.15, 0.2) is 0 Å². The normalized spacial score (nSPS) is 11.9. The van der Waals surface area contributed by atoms with Gasteiger partial charge in [-0.3, -0.25) is 9.48 Å². The summed E-state index contributed by atoms with van der Waals surface area (Å²) >= 11 is 3.31. The molecule has 0 N–H and O–H groups in total. The van der Waals surface area contributed by atoms with Crippen molar-refractivity contribution < 1.29 is 4.79 Å². The Morgan fingerprint density at radius 2 is 2.36 bits per heavy atom. The van der Waals surface area contributed by atoms with E-state index in [9.17, 15) is 4.79 Å². The first kappa shape index (κ1) is 11.2. The summed E-state index contributed by atoms with van der Waals surface area (Å²) in [5.41, 5.74) is 1.43. The summed E-state index contributed by atoms with van der Waals surface area (Å²) in [6, 6.07) is 0. The van der Waals surface area contributed by atoms with Gasteiger partial charge in [0.05, 0.1) is 10.7 Å². The highest BCUT2D eigenvalue weighted by Gasteiger charge is 2.17. The van der Waals surface area contributed by atoms with E-state index in [0.29, 0.717) is 5.69 Å². The molecule has 0 radical (unpaired) electrons. The van der Waals surface area contributed by atoms with E-state index >= 15 is 0 Å². The number of aromatic nitrogens is 2. The van der Waals surface area contributed by atoms with Gasteiger partial charge in [-0.15, -0.1) is 0 Å². The fraction of sp³-hybridized carbons (Fsp3) is 0.400. The molecule has 0 aliphatic carbocycles. The number of hydrogen-bond acceptors (Lipinski definition) is 2. The lowest BCUT2D eigenvalue weighted by Gasteiger charge is -2.04. The summed E-state index contributed by atoms with van der Waals surface area (Å²) in [5.74, 6) is 0.0434. The van der Waals surface area contributed by atoms with Crippen molar-refractivity contribution in [2.45, 2.75) is 20.3 Å². The second kappa shape index (κ2) is 4.55. The van der Waals surface area contributed by atoms with E-state index in [1.165, 1.54) is 0 Å². The number of ketones is 1. The minimum atomic E-state index is 0.0434. The van der Waals surface area contributed by atoms with Crippen LogP contribution in [0.4, 0.5) is 0 Å². The molecule has 1 aromatic rings. The quantitative estimate of drug-likeness (QED) is 0.616. The van der Waals surface area contributed by atoms with Gasteiger partial charge in [-0.1, -0.05) is 13.0 Å². The Labute approximate surface area is 91.9 Å². The molecule has 1 heterocycles. The van der Waals surface area contributed by atoms with Gasteiger partial charge in [-0.05, 0) is 34.8 Å². The van der Waals surface area contributed by atoms with E-state index in [2.05, 4.69) is 21.0 Å². The average Bonchev–Trinajstić information content (AvgIpc) is 2.48. The summed E-state index contributed by atoms with van der Waals surface area (Å²) in [5, 5.41) is 4.01. The maximum atomic E-state index is 12.0. The second-order valence-electron chi connectivity index (χ2n) is 2.96. The van der Waals surface area contributed by atoms with Crippen molar-refractivity contribution >= 4 is 21.7 Å². The molecule has 0 aliphatic rings. The van der Waals surface area contributed by atoms with Crippen LogP contribution in [0, 0.1) is 0 Å². The molecule has 0 unspecified atom stereocenters. The summed E-state index contributed by atoms with van der Waals surface area (Å²) in [6.45, 7) is 3.85. The summed E-state index contributed by atoms with van der Waals surface area (Å²) in [4.78, 5) is 12.0. The molecule has 4 heteroatoms. The van der Waals surface area contributed by atoms with E-state index in [0.717, 1.165) is 16.5 Å². The molecule has 76 valence electrons. The first-order chi connectivity index (χ1) is 6.61. The molecule has 0 spiro atoms. The molecule has 1 aromatic heterocycles. The lowest BCUT2D eigenvalue weighted by atomic mass is 10.1. The van der Waals surface area contributed by atoms with E-state index in [1.54, 1.807) is 17.9 Å². The third-order valence-electron chi connectivity index (χ3n) is 2.13. The summed E-state index contributed by atoms with van der Waals surface area (Å²) < 4.78 is 2.34. The standard InChI is InChI=1S/C10H13BrN2O/c1-4-7(5-2)10(14)9-8(11)6-12-13(9)3/h4,6H,5H2,1-3H3. The monoisotopic (exact) mass is 256 g/mol. The van der Waals surface area contributed by atoms with Crippen molar-refractivity contribution in [1.29, 1.82) is 0 Å². The zero-order valence-corrected chi connectivity index (χ0v) is 10.1. The van der Waals surface area contributed by atoms with Gasteiger partial charge in [0.2, 0.25) is 5.78 Å². The molecule has 0 bridgehead atoms. The SMILES string of the molecule is CC=C(CC)C(=O)c1c(Br)cnn1C. The minimum absolute atomic E-state index is 0.0434. The van der Waals surface area contributed by atoms with E-state index in [4.69, 9.17) is 0 Å². The third kappa shape index (κ3) is 1.95. The van der Waals surface area contributed by atoms with E-state index in [1.807, 2.05) is 19.9 Å². The number of nitrogens with zero attached hydrogens (tertiary/aromatic N) is 2. The molecule has 0 amide bonds. The maximum Gasteiger partial charge on any atom is 0.207 e. The Hall–Kier alpha value is -0.900. The number of carbonyl (C=O) groups excluding carboxylic acids is 1. The van der Waals surface area contributed by atoms with Crippen LogP contribution in [0.15, 0.2) is 22.3 Å². The van der Waals surface area contributed by atoms with Crippen molar-refractivity contribution in [1.82, 2.24) is 9.78 Å². The highest BCUT2D eigenvalue weighted by Crippen LogP contribution is 2.19. The Kier molecular flexibility index (Phi) is 3.63. The molecule has 0 saturated carbocycles. The zero-order valence-electron chi connectivity index (χ0n) is 8.54. The Morgan fingerprint density at radius 3 is 2.71 bits per heavy atom. The average molecular weight is 257 g/mol. The van der Waals surface area contributed by atoms with E-state index in [-0.39, 0.29) is 5.78 Å². The molecule has 14 heavy (non-hydrogen) atoms. The lowest BCUT2D eigenvalue weighted by Crippen LogP contribution is -2.09. The van der Waals surface area contributed by atoms with Crippen LogP contribution >= 0.6 is 15.9 Å². The fourth-order valence-electron chi connectivity index (χ4n) is 1.31. The minimum Gasteiger partial charge on any atom is -0.287 e. The Bertz CT molecular complexity index is 360. The van der Waals surface area contributed by atoms with Crippen molar-refractivity contribution in [3.8, 4) is 0 Å². The number of aryl methyl sites for hydroxylation is 1. The fourth-order valence-corrected chi connectivity index (χ4v) is 1.84. The number of rotatable bonds is 3. The molecule has 0 atom stereocenters. The molecule has 0 saturated heterocycles. The van der Waals surface area contributed by atoms with Crippen molar-refractivity contribution in [3.05, 3.63) is 28.0 Å². The van der Waals surface area contributed by atoms with Gasteiger partial charge in [0.1, 0.15) is 5.69 Å². The molecule has 1 rings (SSSR count). The molecule has 0 aliphatic heterocycles. The van der Waals surface area contributed by atoms with Crippen molar-refractivity contribution in [2.24, 2.45) is 7.05 Å². The maximum absolute atomic E-state index is 12.0. The predicted molar refractivity (Wildman–Crippen MR) is 59.3 cm³/mol. The van der Waals surface area contributed by atoms with Crippen molar-refractivity contribution in [3.63, 3.8) is 0 Å². The van der Waals surface area contributed by atoms with E-state index < -0.39 is 0 Å². The van der Waals surface area contributed by atoms with Crippen LogP contribution in [0.1, 0.15) is 30.8 Å². The van der Waals surface area contributed by atoms with Crippen LogP contribution in [0.3, 0.4) is 0 Å². The van der Waals surface area contributed by atoms with Crippen molar-refractivity contribution in [2.75, 3.05) is 0 Å². The zero-order chi connectivity index (χ0) is 10.7. The number of hydrogen-bond donors (Lipinski definition) is 0. The number of carbonyl (C=O) groups is 1. The van der Waals surface area contributed by atoms with Crippen LogP contribution in [0.2, 0.25) is 0 Å². The molecular formula is C10H13BrN2O. The topological polar surface area (TPSA) is 34.9 Å². The number of allylic oxidation sites excluding steroid dienone is 2. The lowest BCUT2D eigenvalue weighted by molar-refractivity contribution is 0.102. The summed E-state index contributed by atoms with van der Waals surface area (Å²) in [6.07, 6.45) is 4.23. The Balaban J connectivity index is 3.12. The number of Topliss-reactive ketones (excluding diaryl/α,β-unsaturated/α-hetero) is 1. The molecule has 3 nitrogen and oxygen atoms in total. The van der Waals surface area contributed by atoms with Gasteiger partial charge in [-0.25, -0.2) is 0 Å². The second-order valence-corrected chi connectivity index (χ2v) is 3.82. The van der Waals surface area contributed by atoms with Gasteiger partial charge in [0, 0.05) is 7.05 Å². The first-order valence-corrected chi connectivity index (χ1v) is 5.28. The van der Waals surface area contributed by atoms with Crippen LogP contribution in [0.5, 0.6) is 0 Å². The van der Waals surface area contributed by atoms with Crippen LogP contribution in [-0.4, -0.2) is 15.6 Å². The smallest absolute Gasteiger partial charge is 0.207 e. The van der Waals surface area contributed by atoms with Gasteiger partial charge < -0.3 is 0 Å². The van der Waals surface area contributed by atoms with Gasteiger partial charge in [0.25, 0.3) is 0 Å². The highest BCUT2D eigenvalue weighted by molar-refractivity contribution is 9.10. The van der Waals surface area contributed by atoms with Gasteiger partial charge >= 0.3 is 0 Å². The molecular weight excluding hydrogens is 244 g/mol.